The molecule has 0 spiro atoms. The number of nitrogens with zero attached hydrogens (tertiary/aromatic N) is 2. The molecule has 0 bridgehead atoms. The van der Waals surface area contributed by atoms with Gasteiger partial charge in [-0.3, -0.25) is 4.31 Å². The highest BCUT2D eigenvalue weighted by atomic mass is 32.2. The fraction of sp³-hybridized carbons (Fsp3) is 0.211. The number of thiazole rings is 1. The largest absolute Gasteiger partial charge is 0.332 e. The predicted octanol–water partition coefficient (Wildman–Crippen LogP) is 4.27. The van der Waals surface area contributed by atoms with Crippen LogP contribution in [0, 0.1) is 0 Å². The van der Waals surface area contributed by atoms with Crippen LogP contribution in [0.15, 0.2) is 53.9 Å². The summed E-state index contributed by atoms with van der Waals surface area (Å²) in [5.41, 5.74) is 4.76. The molecule has 0 radical (unpaired) electrons. The van der Waals surface area contributed by atoms with E-state index < -0.39 is 10.0 Å². The minimum Gasteiger partial charge on any atom is -0.332 e. The van der Waals surface area contributed by atoms with Gasteiger partial charge in [0, 0.05) is 23.2 Å². The maximum atomic E-state index is 12.0. The van der Waals surface area contributed by atoms with Crippen LogP contribution in [0.25, 0.3) is 11.3 Å². The van der Waals surface area contributed by atoms with Crippen molar-refractivity contribution < 1.29 is 8.42 Å². The molecule has 0 saturated heterocycles. The van der Waals surface area contributed by atoms with Crippen LogP contribution in [-0.4, -0.2) is 26.2 Å². The summed E-state index contributed by atoms with van der Waals surface area (Å²) in [6.07, 6.45) is 2.98. The van der Waals surface area contributed by atoms with E-state index in [-0.39, 0.29) is 0 Å². The number of aryl methyl sites for hydroxylation is 1. The zero-order valence-electron chi connectivity index (χ0n) is 14.3. The second-order valence-electron chi connectivity index (χ2n) is 6.31. The molecule has 0 unspecified atom stereocenters. The minimum absolute atomic E-state index is 0.549. The van der Waals surface area contributed by atoms with E-state index in [1.807, 2.05) is 47.8 Å². The van der Waals surface area contributed by atoms with Gasteiger partial charge < -0.3 is 5.32 Å². The number of benzene rings is 2. The first-order valence-corrected chi connectivity index (χ1v) is 11.1. The number of hydrogen-bond donors (Lipinski definition) is 1. The average molecular weight is 386 g/mol. The summed E-state index contributed by atoms with van der Waals surface area (Å²) in [6, 6.07) is 15.8. The molecule has 0 aliphatic carbocycles. The zero-order valence-corrected chi connectivity index (χ0v) is 16.0. The lowest BCUT2D eigenvalue weighted by molar-refractivity contribution is 0.592. The van der Waals surface area contributed by atoms with Crippen molar-refractivity contribution in [2.75, 3.05) is 22.4 Å². The first kappa shape index (κ1) is 17.1. The van der Waals surface area contributed by atoms with Crippen LogP contribution < -0.4 is 9.62 Å². The molecule has 1 aliphatic rings. The predicted molar refractivity (Wildman–Crippen MR) is 108 cm³/mol. The maximum Gasteiger partial charge on any atom is 0.232 e. The van der Waals surface area contributed by atoms with E-state index in [2.05, 4.69) is 16.4 Å². The Labute approximate surface area is 157 Å². The van der Waals surface area contributed by atoms with E-state index in [0.717, 1.165) is 46.2 Å². The number of fused-ring (bicyclic) bond motifs is 1. The lowest BCUT2D eigenvalue weighted by Gasteiger charge is -2.29. The molecule has 2 aromatic carbocycles. The van der Waals surface area contributed by atoms with E-state index in [9.17, 15) is 8.42 Å². The fourth-order valence-corrected chi connectivity index (χ4v) is 4.91. The molecule has 0 saturated carbocycles. The molecule has 26 heavy (non-hydrogen) atoms. The molecule has 0 fully saturated rings. The summed E-state index contributed by atoms with van der Waals surface area (Å²) >= 11 is 1.55. The molecule has 0 amide bonds. The summed E-state index contributed by atoms with van der Waals surface area (Å²) in [7, 11) is -3.24. The van der Waals surface area contributed by atoms with Gasteiger partial charge in [-0.05, 0) is 42.7 Å². The summed E-state index contributed by atoms with van der Waals surface area (Å²) in [5.74, 6) is 0. The number of aromatic nitrogens is 1. The molecular formula is C19H19N3O2S2. The van der Waals surface area contributed by atoms with E-state index in [0.29, 0.717) is 6.54 Å². The second kappa shape index (κ2) is 6.74. The van der Waals surface area contributed by atoms with Crippen LogP contribution >= 0.6 is 11.3 Å². The van der Waals surface area contributed by atoms with Crippen LogP contribution in [-0.2, 0) is 16.4 Å². The third-order valence-corrected chi connectivity index (χ3v) is 6.32. The number of hydrogen-bond acceptors (Lipinski definition) is 5. The van der Waals surface area contributed by atoms with Gasteiger partial charge in [0.05, 0.1) is 17.6 Å². The Morgan fingerprint density at radius 3 is 2.73 bits per heavy atom. The number of anilines is 3. The lowest BCUT2D eigenvalue weighted by Crippen LogP contribution is -2.34. The Morgan fingerprint density at radius 2 is 1.96 bits per heavy atom. The van der Waals surface area contributed by atoms with E-state index >= 15 is 0 Å². The van der Waals surface area contributed by atoms with Gasteiger partial charge in [0.15, 0.2) is 5.13 Å². The maximum absolute atomic E-state index is 12.0. The van der Waals surface area contributed by atoms with Crippen LogP contribution in [0.1, 0.15) is 12.0 Å². The van der Waals surface area contributed by atoms with Gasteiger partial charge >= 0.3 is 0 Å². The highest BCUT2D eigenvalue weighted by Crippen LogP contribution is 2.34. The molecule has 5 nitrogen and oxygen atoms in total. The molecule has 1 aromatic heterocycles. The first-order valence-electron chi connectivity index (χ1n) is 8.39. The van der Waals surface area contributed by atoms with Crippen molar-refractivity contribution >= 4 is 37.9 Å². The van der Waals surface area contributed by atoms with Crippen molar-refractivity contribution in [3.05, 3.63) is 59.5 Å². The average Bonchev–Trinajstić information content (AvgIpc) is 3.09. The van der Waals surface area contributed by atoms with Gasteiger partial charge in [-0.1, -0.05) is 24.3 Å². The quantitative estimate of drug-likeness (QED) is 0.729. The highest BCUT2D eigenvalue weighted by Gasteiger charge is 2.24. The third kappa shape index (κ3) is 3.45. The summed E-state index contributed by atoms with van der Waals surface area (Å²) in [4.78, 5) is 4.67. The zero-order chi connectivity index (χ0) is 18.1. The number of para-hydroxylation sites is 1. The van der Waals surface area contributed by atoms with E-state index in [1.54, 1.807) is 11.3 Å². The molecule has 2 heterocycles. The summed E-state index contributed by atoms with van der Waals surface area (Å²) < 4.78 is 25.5. The van der Waals surface area contributed by atoms with Gasteiger partial charge in [0.2, 0.25) is 10.0 Å². The standard InChI is InChI=1S/C19H19N3O2S2/c1-26(23,24)22-11-5-6-15-12-14(9-10-18(15)22)17-13-25-19(21-17)20-16-7-3-2-4-8-16/h2-4,7-10,12-13H,5-6,11H2,1H3,(H,20,21). The van der Waals surface area contributed by atoms with Crippen molar-refractivity contribution in [1.82, 2.24) is 4.98 Å². The molecule has 134 valence electrons. The topological polar surface area (TPSA) is 62.3 Å². The van der Waals surface area contributed by atoms with Gasteiger partial charge in [0.25, 0.3) is 0 Å². The Kier molecular flexibility index (Phi) is 4.42. The van der Waals surface area contributed by atoms with Gasteiger partial charge in [-0.25, -0.2) is 13.4 Å². The van der Waals surface area contributed by atoms with Crippen molar-refractivity contribution in [1.29, 1.82) is 0 Å². The Bertz CT molecular complexity index is 1030. The number of nitrogens with one attached hydrogen (secondary N) is 1. The van der Waals surface area contributed by atoms with Crippen molar-refractivity contribution in [3.8, 4) is 11.3 Å². The molecule has 4 rings (SSSR count). The Balaban J connectivity index is 1.62. The first-order chi connectivity index (χ1) is 12.5. The van der Waals surface area contributed by atoms with Gasteiger partial charge in [-0.2, -0.15) is 0 Å². The fourth-order valence-electron chi connectivity index (χ4n) is 3.18. The second-order valence-corrected chi connectivity index (χ2v) is 9.08. The summed E-state index contributed by atoms with van der Waals surface area (Å²) in [6.45, 7) is 0.549. The van der Waals surface area contributed by atoms with Crippen molar-refractivity contribution in [2.45, 2.75) is 12.8 Å². The molecule has 0 atom stereocenters. The molecule has 1 aliphatic heterocycles. The molecule has 7 heteroatoms. The highest BCUT2D eigenvalue weighted by molar-refractivity contribution is 7.92. The Morgan fingerprint density at radius 1 is 1.15 bits per heavy atom. The smallest absolute Gasteiger partial charge is 0.232 e. The van der Waals surface area contributed by atoms with Crippen molar-refractivity contribution in [3.63, 3.8) is 0 Å². The minimum atomic E-state index is -3.24. The van der Waals surface area contributed by atoms with Crippen molar-refractivity contribution in [2.24, 2.45) is 0 Å². The van der Waals surface area contributed by atoms with Gasteiger partial charge in [-0.15, -0.1) is 11.3 Å². The number of sulfonamides is 1. The Hall–Kier alpha value is -2.38. The SMILES string of the molecule is CS(=O)(=O)N1CCCc2cc(-c3csc(Nc4ccccc4)n3)ccc21. The van der Waals surface area contributed by atoms with Crippen LogP contribution in [0.3, 0.4) is 0 Å². The molecular weight excluding hydrogens is 366 g/mol. The lowest BCUT2D eigenvalue weighted by atomic mass is 10.00. The van der Waals surface area contributed by atoms with Crippen LogP contribution in [0.2, 0.25) is 0 Å². The van der Waals surface area contributed by atoms with Crippen LogP contribution in [0.4, 0.5) is 16.5 Å². The monoisotopic (exact) mass is 385 g/mol. The van der Waals surface area contributed by atoms with E-state index in [1.165, 1.54) is 10.6 Å². The van der Waals surface area contributed by atoms with Crippen LogP contribution in [0.5, 0.6) is 0 Å². The molecule has 1 N–H and O–H groups in total. The van der Waals surface area contributed by atoms with Gasteiger partial charge in [0.1, 0.15) is 0 Å². The normalized spacial score (nSPS) is 14.1. The van der Waals surface area contributed by atoms with E-state index in [4.69, 9.17) is 0 Å². The summed E-state index contributed by atoms with van der Waals surface area (Å²) in [5, 5.41) is 6.16. The third-order valence-electron chi connectivity index (χ3n) is 4.38. The number of rotatable bonds is 4. The molecule has 3 aromatic rings.